The molecule has 0 fully saturated rings. The maximum Gasteiger partial charge on any atom is 0.326 e. The van der Waals surface area contributed by atoms with Crippen LogP contribution in [0.5, 0.6) is 5.75 Å². The number of urea groups is 1. The number of ether oxygens (including phenoxy) is 1. The molecule has 1 aliphatic rings. The Hall–Kier alpha value is -4.59. The van der Waals surface area contributed by atoms with Gasteiger partial charge in [0.2, 0.25) is 5.89 Å². The molecule has 0 spiro atoms. The maximum absolute atomic E-state index is 12.9. The number of carboxylic acid groups (broad SMARTS) is 1. The number of hydrogen-bond donors (Lipinski definition) is 2. The maximum atomic E-state index is 12.9. The van der Waals surface area contributed by atoms with Crippen molar-refractivity contribution in [1.82, 2.24) is 15.2 Å². The fourth-order valence-corrected chi connectivity index (χ4v) is 4.37. The second kappa shape index (κ2) is 11.0. The molecule has 1 aliphatic heterocycles. The smallest absolute Gasteiger partial charge is 0.326 e. The number of carboxylic acids is 1. The summed E-state index contributed by atoms with van der Waals surface area (Å²) in [4.78, 5) is 30.7. The van der Waals surface area contributed by atoms with Crippen LogP contribution in [0.4, 0.5) is 4.79 Å². The van der Waals surface area contributed by atoms with E-state index >= 15 is 0 Å². The minimum absolute atomic E-state index is 0.188. The molecule has 1 atom stereocenters. The van der Waals surface area contributed by atoms with Crippen LogP contribution in [-0.2, 0) is 30.7 Å². The number of aromatic nitrogens is 1. The molecule has 0 radical (unpaired) electrons. The topological polar surface area (TPSA) is 105 Å². The van der Waals surface area contributed by atoms with Gasteiger partial charge in [0.05, 0.1) is 12.3 Å². The first kappa shape index (κ1) is 24.1. The number of oxazole rings is 1. The lowest BCUT2D eigenvalue weighted by molar-refractivity contribution is -0.142. The molecule has 37 heavy (non-hydrogen) atoms. The highest BCUT2D eigenvalue weighted by atomic mass is 16.5. The third-order valence-corrected chi connectivity index (χ3v) is 6.34. The van der Waals surface area contributed by atoms with Crippen molar-refractivity contribution >= 4 is 12.0 Å². The molecule has 2 amide bonds. The van der Waals surface area contributed by atoms with Crippen LogP contribution in [-0.4, -0.2) is 39.6 Å². The second-order valence-electron chi connectivity index (χ2n) is 8.87. The minimum atomic E-state index is -1.02. The van der Waals surface area contributed by atoms with Crippen molar-refractivity contribution in [1.29, 1.82) is 0 Å². The van der Waals surface area contributed by atoms with Crippen LogP contribution in [0.2, 0.25) is 0 Å². The van der Waals surface area contributed by atoms with Crippen LogP contribution >= 0.6 is 0 Å². The third-order valence-electron chi connectivity index (χ3n) is 6.34. The predicted octanol–water partition coefficient (Wildman–Crippen LogP) is 4.68. The number of nitrogens with one attached hydrogen (secondary N) is 1. The van der Waals surface area contributed by atoms with Gasteiger partial charge in [-0.1, -0.05) is 54.6 Å². The van der Waals surface area contributed by atoms with Crippen molar-refractivity contribution < 1.29 is 23.8 Å². The number of carbonyl (C=O) groups excluding carboxylic acids is 1. The summed E-state index contributed by atoms with van der Waals surface area (Å²) in [7, 11) is 0. The molecule has 4 aromatic rings. The highest BCUT2D eigenvalue weighted by Crippen LogP contribution is 2.28. The molecule has 0 saturated heterocycles. The van der Waals surface area contributed by atoms with E-state index in [2.05, 4.69) is 10.3 Å². The average molecular weight is 498 g/mol. The lowest BCUT2D eigenvalue weighted by atomic mass is 9.94. The molecule has 188 valence electrons. The highest BCUT2D eigenvalue weighted by Gasteiger charge is 2.34. The zero-order valence-corrected chi connectivity index (χ0v) is 20.2. The van der Waals surface area contributed by atoms with Crippen molar-refractivity contribution in [2.75, 3.05) is 6.61 Å². The lowest BCUT2D eigenvalue weighted by Crippen LogP contribution is -2.52. The quantitative estimate of drug-likeness (QED) is 0.366. The Morgan fingerprint density at radius 2 is 1.78 bits per heavy atom. The number of fused-ring (bicyclic) bond motifs is 1. The Kier molecular flexibility index (Phi) is 7.16. The van der Waals surface area contributed by atoms with Crippen LogP contribution in [0.15, 0.2) is 89.5 Å². The summed E-state index contributed by atoms with van der Waals surface area (Å²) >= 11 is 0. The number of nitrogens with zero attached hydrogens (tertiary/aromatic N) is 2. The summed E-state index contributed by atoms with van der Waals surface area (Å²) in [6.45, 7) is 0.916. The molecule has 1 aromatic heterocycles. The van der Waals surface area contributed by atoms with E-state index in [0.29, 0.717) is 31.2 Å². The summed E-state index contributed by atoms with van der Waals surface area (Å²) in [5, 5.41) is 12.6. The zero-order chi connectivity index (χ0) is 25.6. The Balaban J connectivity index is 1.21. The van der Waals surface area contributed by atoms with E-state index < -0.39 is 18.0 Å². The Bertz CT molecular complexity index is 1370. The van der Waals surface area contributed by atoms with Crippen LogP contribution in [0.3, 0.4) is 0 Å². The number of hydrogen-bond acceptors (Lipinski definition) is 5. The van der Waals surface area contributed by atoms with Crippen molar-refractivity contribution in [3.8, 4) is 17.2 Å². The Morgan fingerprint density at radius 1 is 1.03 bits per heavy atom. The van der Waals surface area contributed by atoms with Gasteiger partial charge < -0.3 is 24.5 Å². The normalized spacial score (nSPS) is 14.6. The van der Waals surface area contributed by atoms with E-state index in [-0.39, 0.29) is 13.0 Å². The summed E-state index contributed by atoms with van der Waals surface area (Å²) in [5.41, 5.74) is 4.43. The van der Waals surface area contributed by atoms with Gasteiger partial charge in [0.1, 0.15) is 18.1 Å². The van der Waals surface area contributed by atoms with Crippen LogP contribution in [0.25, 0.3) is 11.5 Å². The van der Waals surface area contributed by atoms with Crippen LogP contribution in [0.1, 0.15) is 22.4 Å². The Morgan fingerprint density at radius 3 is 2.54 bits per heavy atom. The number of aliphatic carboxylic acids is 1. The molecule has 1 unspecified atom stereocenters. The molecule has 8 nitrogen and oxygen atoms in total. The third kappa shape index (κ3) is 5.81. The van der Waals surface area contributed by atoms with Gasteiger partial charge in [-0.3, -0.25) is 0 Å². The standard InChI is InChI=1S/C29H27N3O5/c33-28(34)26-16-22-11-12-25(36-14-13-24-19-37-27(31-24)21-9-5-2-6-10-21)15-23(22)18-32(26)29(35)30-17-20-7-3-1-4-8-20/h1-12,15,19,26H,13-14,16-18H2,(H,30,35)(H,33,34). The van der Waals surface area contributed by atoms with E-state index in [4.69, 9.17) is 9.15 Å². The van der Waals surface area contributed by atoms with Crippen molar-refractivity contribution in [2.45, 2.75) is 32.0 Å². The first-order valence-corrected chi connectivity index (χ1v) is 12.1. The van der Waals surface area contributed by atoms with Crippen molar-refractivity contribution in [3.05, 3.63) is 108 Å². The molecule has 2 N–H and O–H groups in total. The molecular weight excluding hydrogens is 470 g/mol. The van der Waals surface area contributed by atoms with Gasteiger partial charge in [-0.05, 0) is 41.0 Å². The van der Waals surface area contributed by atoms with Gasteiger partial charge in [0.15, 0.2) is 0 Å². The molecular formula is C29H27N3O5. The van der Waals surface area contributed by atoms with Gasteiger partial charge >= 0.3 is 12.0 Å². The van der Waals surface area contributed by atoms with Gasteiger partial charge in [-0.15, -0.1) is 0 Å². The molecule has 2 heterocycles. The fourth-order valence-electron chi connectivity index (χ4n) is 4.37. The fraction of sp³-hybridized carbons (Fsp3) is 0.207. The first-order chi connectivity index (χ1) is 18.1. The van der Waals surface area contributed by atoms with Gasteiger partial charge in [0.25, 0.3) is 0 Å². The summed E-state index contributed by atoms with van der Waals surface area (Å²) < 4.78 is 11.5. The molecule has 8 heteroatoms. The SMILES string of the molecule is O=C(O)C1Cc2ccc(OCCc3coc(-c4ccccc4)n3)cc2CN1C(=O)NCc1ccccc1. The van der Waals surface area contributed by atoms with Gasteiger partial charge in [0, 0.05) is 31.5 Å². The van der Waals surface area contributed by atoms with Crippen molar-refractivity contribution in [3.63, 3.8) is 0 Å². The first-order valence-electron chi connectivity index (χ1n) is 12.1. The average Bonchev–Trinajstić information content (AvgIpc) is 3.41. The van der Waals surface area contributed by atoms with E-state index in [0.717, 1.165) is 27.9 Å². The second-order valence-corrected chi connectivity index (χ2v) is 8.87. The number of amides is 2. The monoisotopic (exact) mass is 497 g/mol. The minimum Gasteiger partial charge on any atom is -0.493 e. The van der Waals surface area contributed by atoms with E-state index in [1.807, 2.05) is 78.9 Å². The lowest BCUT2D eigenvalue weighted by Gasteiger charge is -2.34. The molecule has 5 rings (SSSR count). The zero-order valence-electron chi connectivity index (χ0n) is 20.2. The summed E-state index contributed by atoms with van der Waals surface area (Å²) in [6, 6.07) is 23.5. The van der Waals surface area contributed by atoms with E-state index in [9.17, 15) is 14.7 Å². The molecule has 3 aromatic carbocycles. The largest absolute Gasteiger partial charge is 0.493 e. The van der Waals surface area contributed by atoms with E-state index in [1.54, 1.807) is 6.26 Å². The summed E-state index contributed by atoms with van der Waals surface area (Å²) in [5.74, 6) is 0.204. The predicted molar refractivity (Wildman–Crippen MR) is 137 cm³/mol. The van der Waals surface area contributed by atoms with E-state index in [1.165, 1.54) is 4.90 Å². The van der Waals surface area contributed by atoms with Crippen molar-refractivity contribution in [2.24, 2.45) is 0 Å². The number of rotatable bonds is 8. The van der Waals surface area contributed by atoms with Crippen LogP contribution in [0, 0.1) is 0 Å². The molecule has 0 saturated carbocycles. The Labute approximate surface area is 214 Å². The molecule has 0 aliphatic carbocycles. The van der Waals surface area contributed by atoms with Gasteiger partial charge in [-0.2, -0.15) is 0 Å². The number of benzene rings is 3. The number of carbonyl (C=O) groups is 2. The molecule has 0 bridgehead atoms. The van der Waals surface area contributed by atoms with Crippen LogP contribution < -0.4 is 10.1 Å². The highest BCUT2D eigenvalue weighted by molar-refractivity contribution is 5.83. The summed E-state index contributed by atoms with van der Waals surface area (Å²) in [6.07, 6.45) is 2.45. The van der Waals surface area contributed by atoms with Gasteiger partial charge in [-0.25, -0.2) is 14.6 Å².